The lowest BCUT2D eigenvalue weighted by molar-refractivity contribution is -0.275. The molecule has 0 fully saturated rings. The Balaban J connectivity index is 3.03. The number of hydrogen-bond acceptors (Lipinski definition) is 2. The molecule has 0 amide bonds. The first kappa shape index (κ1) is 14.6. The lowest BCUT2D eigenvalue weighted by Crippen LogP contribution is -2.18. The van der Waals surface area contributed by atoms with E-state index in [1.165, 1.54) is 12.1 Å². The summed E-state index contributed by atoms with van der Waals surface area (Å²) in [4.78, 5) is 11.6. The molecule has 1 aromatic carbocycles. The van der Waals surface area contributed by atoms with Gasteiger partial charge in [-0.15, -0.1) is 24.8 Å². The van der Waals surface area contributed by atoms with Crippen molar-refractivity contribution in [1.82, 2.24) is 0 Å². The Hall–Kier alpha value is -0.500. The van der Waals surface area contributed by atoms with E-state index in [0.717, 1.165) is 6.07 Å². The van der Waals surface area contributed by atoms with Crippen molar-refractivity contribution < 1.29 is 22.7 Å². The minimum atomic E-state index is -4.77. The van der Waals surface area contributed by atoms with E-state index in [0.29, 0.717) is 0 Å². The van der Waals surface area contributed by atoms with Crippen LogP contribution in [0.2, 0.25) is 0 Å². The molecule has 0 aliphatic heterocycles. The Morgan fingerprint density at radius 1 is 1.41 bits per heavy atom. The van der Waals surface area contributed by atoms with Gasteiger partial charge in [0.25, 0.3) is 0 Å². The molecule has 0 saturated heterocycles. The van der Waals surface area contributed by atoms with Gasteiger partial charge in [-0.05, 0) is 28.7 Å². The fraction of sp³-hybridized carbons (Fsp3) is 0.300. The van der Waals surface area contributed by atoms with Crippen molar-refractivity contribution in [2.75, 3.05) is 5.88 Å². The molecule has 0 aliphatic rings. The van der Waals surface area contributed by atoms with Gasteiger partial charge < -0.3 is 4.74 Å². The summed E-state index contributed by atoms with van der Waals surface area (Å²) in [5.41, 5.74) is 0.188. The number of halogens is 5. The fourth-order valence-corrected chi connectivity index (χ4v) is 2.09. The normalized spacial score (nSPS) is 11.4. The zero-order valence-corrected chi connectivity index (χ0v) is 11.3. The summed E-state index contributed by atoms with van der Waals surface area (Å²) in [7, 11) is 0. The molecule has 2 nitrogen and oxygen atoms in total. The van der Waals surface area contributed by atoms with Crippen molar-refractivity contribution in [3.8, 4) is 5.75 Å². The number of carbonyl (C=O) groups is 1. The van der Waals surface area contributed by atoms with Crippen molar-refractivity contribution in [1.29, 1.82) is 0 Å². The van der Waals surface area contributed by atoms with E-state index < -0.39 is 6.36 Å². The van der Waals surface area contributed by atoms with E-state index in [1.807, 2.05) is 0 Å². The maximum Gasteiger partial charge on any atom is 0.573 e. The molecule has 0 N–H and O–H groups in total. The molecule has 17 heavy (non-hydrogen) atoms. The summed E-state index contributed by atoms with van der Waals surface area (Å²) in [6, 6.07) is 3.94. The third-order valence-corrected chi connectivity index (χ3v) is 3.11. The smallest absolute Gasteiger partial charge is 0.405 e. The quantitative estimate of drug-likeness (QED) is 0.450. The van der Waals surface area contributed by atoms with Crippen LogP contribution in [-0.2, 0) is 0 Å². The molecular formula is C10H7ClF3IO2. The molecule has 0 bridgehead atoms. The SMILES string of the molecule is O=C(CCCl)c1cccc(OC(F)(F)F)c1I. The van der Waals surface area contributed by atoms with E-state index in [9.17, 15) is 18.0 Å². The topological polar surface area (TPSA) is 26.3 Å². The summed E-state index contributed by atoms with van der Waals surface area (Å²) in [6.07, 6.45) is -4.69. The highest BCUT2D eigenvalue weighted by molar-refractivity contribution is 14.1. The Labute approximate surface area is 114 Å². The van der Waals surface area contributed by atoms with Crippen LogP contribution in [0.5, 0.6) is 5.75 Å². The largest absolute Gasteiger partial charge is 0.573 e. The zero-order valence-electron chi connectivity index (χ0n) is 8.35. The number of benzene rings is 1. The van der Waals surface area contributed by atoms with Gasteiger partial charge in [-0.2, -0.15) is 0 Å². The van der Waals surface area contributed by atoms with Crippen molar-refractivity contribution in [3.05, 3.63) is 27.3 Å². The average Bonchev–Trinajstić information content (AvgIpc) is 2.19. The molecule has 94 valence electrons. The second-order valence-corrected chi connectivity index (χ2v) is 4.48. The number of hydrogen-bond donors (Lipinski definition) is 0. The van der Waals surface area contributed by atoms with Crippen molar-refractivity contribution in [3.63, 3.8) is 0 Å². The van der Waals surface area contributed by atoms with Crippen LogP contribution in [0, 0.1) is 3.57 Å². The molecule has 0 spiro atoms. The van der Waals surface area contributed by atoms with Crippen LogP contribution >= 0.6 is 34.2 Å². The number of ether oxygens (including phenoxy) is 1. The molecule has 1 rings (SSSR count). The molecule has 0 unspecified atom stereocenters. The van der Waals surface area contributed by atoms with Gasteiger partial charge in [0, 0.05) is 17.9 Å². The van der Waals surface area contributed by atoms with Gasteiger partial charge in [-0.25, -0.2) is 0 Å². The maximum atomic E-state index is 12.1. The minimum absolute atomic E-state index is 0.0764. The standard InChI is InChI=1S/C10H7ClF3IO2/c11-5-4-7(16)6-2-1-3-8(9(6)15)17-10(12,13)14/h1-3H,4-5H2. The number of Topliss-reactive ketones (excluding diaryl/α,β-unsaturated/α-hetero) is 1. The average molecular weight is 379 g/mol. The monoisotopic (exact) mass is 378 g/mol. The first-order valence-electron chi connectivity index (χ1n) is 4.48. The molecule has 7 heteroatoms. The van der Waals surface area contributed by atoms with Crippen LogP contribution in [-0.4, -0.2) is 18.0 Å². The van der Waals surface area contributed by atoms with Gasteiger partial charge >= 0.3 is 6.36 Å². The van der Waals surface area contributed by atoms with Crippen molar-refractivity contribution >= 4 is 40.0 Å². The van der Waals surface area contributed by atoms with Crippen LogP contribution < -0.4 is 4.74 Å². The zero-order chi connectivity index (χ0) is 13.1. The first-order chi connectivity index (χ1) is 7.85. The third-order valence-electron chi connectivity index (χ3n) is 1.81. The second-order valence-electron chi connectivity index (χ2n) is 3.03. The first-order valence-corrected chi connectivity index (χ1v) is 6.10. The lowest BCUT2D eigenvalue weighted by Gasteiger charge is -2.12. The highest BCUT2D eigenvalue weighted by atomic mass is 127. The molecule has 1 aromatic rings. The second kappa shape index (κ2) is 5.90. The molecule has 0 heterocycles. The summed E-state index contributed by atoms with van der Waals surface area (Å²) in [5.74, 6) is -0.560. The van der Waals surface area contributed by atoms with Crippen LogP contribution in [0.25, 0.3) is 0 Å². The van der Waals surface area contributed by atoms with E-state index in [2.05, 4.69) is 4.74 Å². The highest BCUT2D eigenvalue weighted by Gasteiger charge is 2.32. The molecule has 0 aromatic heterocycles. The van der Waals surface area contributed by atoms with E-state index in [1.54, 1.807) is 22.6 Å². The summed E-state index contributed by atoms with van der Waals surface area (Å²) >= 11 is 7.06. The molecule has 0 saturated carbocycles. The summed E-state index contributed by atoms with van der Waals surface area (Å²) in [5, 5.41) is 0. The summed E-state index contributed by atoms with van der Waals surface area (Å²) < 4.78 is 40.2. The van der Waals surface area contributed by atoms with Crippen molar-refractivity contribution in [2.24, 2.45) is 0 Å². The molecule has 0 aliphatic carbocycles. The van der Waals surface area contributed by atoms with Gasteiger partial charge in [0.15, 0.2) is 5.78 Å². The third kappa shape index (κ3) is 4.34. The van der Waals surface area contributed by atoms with Gasteiger partial charge in [-0.1, -0.05) is 12.1 Å². The Morgan fingerprint density at radius 2 is 2.06 bits per heavy atom. The lowest BCUT2D eigenvalue weighted by atomic mass is 10.1. The minimum Gasteiger partial charge on any atom is -0.405 e. The Morgan fingerprint density at radius 3 is 2.59 bits per heavy atom. The van der Waals surface area contributed by atoms with Crippen LogP contribution in [0.1, 0.15) is 16.8 Å². The maximum absolute atomic E-state index is 12.1. The van der Waals surface area contributed by atoms with Crippen molar-refractivity contribution in [2.45, 2.75) is 12.8 Å². The highest BCUT2D eigenvalue weighted by Crippen LogP contribution is 2.30. The van der Waals surface area contributed by atoms with E-state index in [4.69, 9.17) is 11.6 Å². The molecule has 0 radical (unpaired) electrons. The number of rotatable bonds is 4. The van der Waals surface area contributed by atoms with E-state index >= 15 is 0 Å². The van der Waals surface area contributed by atoms with Crippen LogP contribution in [0.3, 0.4) is 0 Å². The van der Waals surface area contributed by atoms with Crippen LogP contribution in [0.15, 0.2) is 18.2 Å². The number of alkyl halides is 4. The van der Waals surface area contributed by atoms with Crippen LogP contribution in [0.4, 0.5) is 13.2 Å². The predicted molar refractivity (Wildman–Crippen MR) is 65.5 cm³/mol. The number of ketones is 1. The van der Waals surface area contributed by atoms with Gasteiger partial charge in [0.2, 0.25) is 0 Å². The number of carbonyl (C=O) groups excluding carboxylic acids is 1. The van der Waals surface area contributed by atoms with Gasteiger partial charge in [0.05, 0.1) is 3.57 Å². The van der Waals surface area contributed by atoms with E-state index in [-0.39, 0.29) is 33.0 Å². The Kier molecular flexibility index (Phi) is 5.05. The molecule has 0 atom stereocenters. The predicted octanol–water partition coefficient (Wildman–Crippen LogP) is 4.00. The Bertz CT molecular complexity index is 421. The fourth-order valence-electron chi connectivity index (χ4n) is 1.15. The molecular weight excluding hydrogens is 371 g/mol. The summed E-state index contributed by atoms with van der Waals surface area (Å²) in [6.45, 7) is 0. The van der Waals surface area contributed by atoms with Gasteiger partial charge in [0.1, 0.15) is 5.75 Å². The van der Waals surface area contributed by atoms with Gasteiger partial charge in [-0.3, -0.25) is 4.79 Å².